The van der Waals surface area contributed by atoms with E-state index in [1.54, 1.807) is 54.6 Å². The lowest BCUT2D eigenvalue weighted by Gasteiger charge is -2.50. The molecule has 1 saturated carbocycles. The number of nitrogens with zero attached hydrogens (tertiary/aromatic N) is 2. The second kappa shape index (κ2) is 12.4. The van der Waals surface area contributed by atoms with Crippen molar-refractivity contribution in [2.75, 3.05) is 16.9 Å². The molecule has 11 heteroatoms. The van der Waals surface area contributed by atoms with Crippen LogP contribution in [-0.2, 0) is 24.6 Å². The van der Waals surface area contributed by atoms with Crippen LogP contribution < -0.4 is 14.5 Å². The van der Waals surface area contributed by atoms with Gasteiger partial charge in [0.1, 0.15) is 0 Å². The Labute approximate surface area is 312 Å². The number of amides is 4. The van der Waals surface area contributed by atoms with Crippen LogP contribution in [0.1, 0.15) is 35.4 Å². The molecule has 258 valence electrons. The highest BCUT2D eigenvalue weighted by Gasteiger charge is 2.70. The lowest BCUT2D eigenvalue weighted by atomic mass is 9.49. The van der Waals surface area contributed by atoms with Crippen molar-refractivity contribution in [2.24, 2.45) is 23.7 Å². The van der Waals surface area contributed by atoms with E-state index in [-0.39, 0.29) is 36.2 Å². The molecule has 3 fully saturated rings. The highest BCUT2D eigenvalue weighted by molar-refractivity contribution is 9.10. The van der Waals surface area contributed by atoms with Crippen molar-refractivity contribution >= 4 is 74.1 Å². The molecule has 2 aliphatic heterocycles. The molecule has 0 unspecified atom stereocenters. The van der Waals surface area contributed by atoms with Crippen molar-refractivity contribution in [3.63, 3.8) is 0 Å². The molecule has 4 aromatic rings. The van der Waals surface area contributed by atoms with E-state index in [1.807, 2.05) is 43.3 Å². The van der Waals surface area contributed by atoms with E-state index in [2.05, 4.69) is 15.9 Å². The maximum Gasteiger partial charge on any atom is 0.246 e. The Morgan fingerprint density at radius 2 is 1.59 bits per heavy atom. The number of carbonyl (C=O) groups excluding carboxylic acids is 4. The molecule has 0 aromatic heterocycles. The van der Waals surface area contributed by atoms with Crippen LogP contribution in [0.15, 0.2) is 101 Å². The third-order valence-corrected chi connectivity index (χ3v) is 12.3. The Bertz CT molecular complexity index is 2210. The summed E-state index contributed by atoms with van der Waals surface area (Å²) in [6.45, 7) is 1.84. The number of benzene rings is 4. The predicted octanol–water partition coefficient (Wildman–Crippen LogP) is 8.15. The third kappa shape index (κ3) is 4.85. The first-order valence-electron chi connectivity index (χ1n) is 16.6. The highest BCUT2D eigenvalue weighted by atomic mass is 79.9. The van der Waals surface area contributed by atoms with Gasteiger partial charge in [-0.05, 0) is 79.3 Å². The Morgan fingerprint density at radius 1 is 0.843 bits per heavy atom. The van der Waals surface area contributed by atoms with Crippen molar-refractivity contribution < 1.29 is 29.0 Å². The van der Waals surface area contributed by atoms with Gasteiger partial charge in [0.2, 0.25) is 23.6 Å². The fourth-order valence-corrected chi connectivity index (χ4v) is 9.85. The number of phenols is 1. The average Bonchev–Trinajstić information content (AvgIpc) is 3.51. The van der Waals surface area contributed by atoms with Crippen molar-refractivity contribution in [2.45, 2.75) is 31.1 Å². The van der Waals surface area contributed by atoms with Crippen molar-refractivity contribution in [1.82, 2.24) is 0 Å². The summed E-state index contributed by atoms with van der Waals surface area (Å²) in [5.41, 5.74) is 1.63. The SMILES string of the molecule is COc1cc(Br)cc([C@H]2C3=CC[C@@H]4C(=O)N(c5ccc(C)c(Cl)c5)C(=O)[C@@H]4[C@@H]3C[C@H]3C(=O)N(c4cccc(Cl)c4)C(=O)[C@@]23c2ccccc2)c1O. The number of hydrogen-bond donors (Lipinski definition) is 1. The molecule has 1 N–H and O–H groups in total. The number of anilines is 2. The van der Waals surface area contributed by atoms with E-state index in [9.17, 15) is 19.5 Å². The van der Waals surface area contributed by atoms with Crippen LogP contribution in [0.2, 0.25) is 10.0 Å². The summed E-state index contributed by atoms with van der Waals surface area (Å²) in [5, 5.41) is 12.7. The van der Waals surface area contributed by atoms with E-state index in [0.717, 1.165) is 5.56 Å². The predicted molar refractivity (Wildman–Crippen MR) is 197 cm³/mol. The topological polar surface area (TPSA) is 104 Å². The zero-order chi connectivity index (χ0) is 35.9. The van der Waals surface area contributed by atoms with Gasteiger partial charge >= 0.3 is 0 Å². The average molecular weight is 787 g/mol. The molecule has 6 atom stereocenters. The largest absolute Gasteiger partial charge is 0.504 e. The summed E-state index contributed by atoms with van der Waals surface area (Å²) >= 11 is 16.4. The summed E-state index contributed by atoms with van der Waals surface area (Å²) in [5.74, 6) is -5.66. The molecule has 2 heterocycles. The zero-order valence-corrected chi connectivity index (χ0v) is 30.6. The molecule has 51 heavy (non-hydrogen) atoms. The van der Waals surface area contributed by atoms with Gasteiger partial charge in [0, 0.05) is 26.0 Å². The highest BCUT2D eigenvalue weighted by Crippen LogP contribution is 2.66. The second-order valence-electron chi connectivity index (χ2n) is 13.6. The molecular weight excluding hydrogens is 755 g/mol. The Morgan fingerprint density at radius 3 is 2.29 bits per heavy atom. The maximum absolute atomic E-state index is 15.4. The second-order valence-corrected chi connectivity index (χ2v) is 15.3. The van der Waals surface area contributed by atoms with Crippen LogP contribution in [0.4, 0.5) is 11.4 Å². The van der Waals surface area contributed by atoms with Gasteiger partial charge in [0.05, 0.1) is 41.7 Å². The van der Waals surface area contributed by atoms with Gasteiger partial charge in [-0.1, -0.05) is 93.2 Å². The minimum Gasteiger partial charge on any atom is -0.504 e. The van der Waals surface area contributed by atoms with Crippen LogP contribution in [0.25, 0.3) is 0 Å². The number of methoxy groups -OCH3 is 1. The van der Waals surface area contributed by atoms with Crippen LogP contribution in [0.3, 0.4) is 0 Å². The molecule has 0 spiro atoms. The van der Waals surface area contributed by atoms with Crippen LogP contribution in [0, 0.1) is 30.6 Å². The van der Waals surface area contributed by atoms with E-state index in [1.165, 1.54) is 16.9 Å². The first kappa shape index (κ1) is 33.7. The lowest BCUT2D eigenvalue weighted by molar-refractivity contribution is -0.127. The molecule has 4 amide bonds. The van der Waals surface area contributed by atoms with Gasteiger partial charge in [-0.2, -0.15) is 0 Å². The lowest BCUT2D eigenvalue weighted by Crippen LogP contribution is -2.53. The standard InChI is InChI=1S/C40H31BrCl2N2O6/c1-20-11-12-25(18-31(20)43)44-36(47)27-14-13-26-28(33(27)38(44)49)19-30-37(48)45(24-10-6-9-23(42)17-24)39(50)40(30,21-7-4-3-5-8-21)34(26)29-15-22(41)16-32(51-2)35(29)46/h3-13,15-18,27-28,30,33-34,46H,14,19H2,1-2H3/t27-,28+,30-,33-,34+,40+/m0/s1. The van der Waals surface area contributed by atoms with E-state index >= 15 is 4.79 Å². The van der Waals surface area contributed by atoms with Crippen molar-refractivity contribution in [1.29, 1.82) is 0 Å². The molecule has 2 saturated heterocycles. The molecule has 4 aromatic carbocycles. The Hall–Kier alpha value is -4.44. The minimum atomic E-state index is -1.55. The van der Waals surface area contributed by atoms with Gasteiger partial charge in [-0.15, -0.1) is 0 Å². The molecule has 0 bridgehead atoms. The number of fused-ring (bicyclic) bond motifs is 4. The summed E-state index contributed by atoms with van der Waals surface area (Å²) in [4.78, 5) is 61.4. The van der Waals surface area contributed by atoms with Gasteiger partial charge < -0.3 is 9.84 Å². The number of phenolic OH excluding ortho intramolecular Hbond substituents is 1. The van der Waals surface area contributed by atoms with Crippen molar-refractivity contribution in [3.8, 4) is 11.5 Å². The van der Waals surface area contributed by atoms with Crippen molar-refractivity contribution in [3.05, 3.63) is 128 Å². The number of allylic oxidation sites excluding steroid dienone is 2. The fraction of sp³-hybridized carbons (Fsp3) is 0.250. The first-order valence-corrected chi connectivity index (χ1v) is 18.1. The van der Waals surface area contributed by atoms with Gasteiger partial charge in [0.15, 0.2) is 11.5 Å². The molecular formula is C40H31BrCl2N2O6. The van der Waals surface area contributed by atoms with Gasteiger partial charge in [-0.3, -0.25) is 19.2 Å². The van der Waals surface area contributed by atoms with Crippen LogP contribution in [0.5, 0.6) is 11.5 Å². The maximum atomic E-state index is 15.4. The quantitative estimate of drug-likeness (QED) is 0.162. The number of ether oxygens (including phenoxy) is 1. The summed E-state index contributed by atoms with van der Waals surface area (Å²) in [6, 6.07) is 24.2. The first-order chi connectivity index (χ1) is 24.5. The monoisotopic (exact) mass is 784 g/mol. The van der Waals surface area contributed by atoms with Gasteiger partial charge in [-0.25, -0.2) is 9.80 Å². The smallest absolute Gasteiger partial charge is 0.246 e. The number of halogens is 3. The minimum absolute atomic E-state index is 0.118. The zero-order valence-electron chi connectivity index (χ0n) is 27.5. The number of aryl methyl sites for hydroxylation is 1. The molecule has 2 aliphatic carbocycles. The van der Waals surface area contributed by atoms with E-state index in [4.69, 9.17) is 27.9 Å². The number of rotatable bonds is 5. The van der Waals surface area contributed by atoms with E-state index < -0.39 is 46.8 Å². The number of hydrogen-bond acceptors (Lipinski definition) is 6. The molecule has 8 nitrogen and oxygen atoms in total. The number of imide groups is 2. The normalized spacial score (nSPS) is 26.9. The molecule has 8 rings (SSSR count). The number of aromatic hydroxyl groups is 1. The number of carbonyl (C=O) groups is 4. The summed E-state index contributed by atoms with van der Waals surface area (Å²) in [7, 11) is 1.44. The van der Waals surface area contributed by atoms with Crippen LogP contribution in [-0.4, -0.2) is 35.8 Å². The summed E-state index contributed by atoms with van der Waals surface area (Å²) < 4.78 is 6.17. The fourth-order valence-electron chi connectivity index (χ4n) is 9.03. The molecule has 4 aliphatic rings. The van der Waals surface area contributed by atoms with Gasteiger partial charge in [0.25, 0.3) is 0 Å². The van der Waals surface area contributed by atoms with E-state index in [0.29, 0.717) is 42.6 Å². The Kier molecular flexibility index (Phi) is 8.16. The Balaban J connectivity index is 1.38. The molecule has 0 radical (unpaired) electrons. The summed E-state index contributed by atoms with van der Waals surface area (Å²) in [6.07, 6.45) is 2.30. The third-order valence-electron chi connectivity index (χ3n) is 11.2. The van der Waals surface area contributed by atoms with Crippen LogP contribution >= 0.6 is 39.1 Å².